The van der Waals surface area contributed by atoms with Crippen LogP contribution >= 0.6 is 15.9 Å². The third kappa shape index (κ3) is 4.54. The van der Waals surface area contributed by atoms with Crippen molar-refractivity contribution in [1.82, 2.24) is 9.97 Å². The van der Waals surface area contributed by atoms with Crippen molar-refractivity contribution in [3.63, 3.8) is 0 Å². The van der Waals surface area contributed by atoms with Gasteiger partial charge in [0.15, 0.2) is 0 Å². The summed E-state index contributed by atoms with van der Waals surface area (Å²) in [6, 6.07) is 14.7. The van der Waals surface area contributed by atoms with Crippen LogP contribution in [0.2, 0.25) is 0 Å². The van der Waals surface area contributed by atoms with Crippen molar-refractivity contribution >= 4 is 39.2 Å². The van der Waals surface area contributed by atoms with Crippen molar-refractivity contribution in [2.24, 2.45) is 0 Å². The zero-order chi connectivity index (χ0) is 17.6. The number of hydrogen-bond acceptors (Lipinski definition) is 5. The molecule has 3 rings (SSSR count). The normalized spacial score (nSPS) is 10.2. The van der Waals surface area contributed by atoms with Crippen LogP contribution in [0.25, 0.3) is 0 Å². The summed E-state index contributed by atoms with van der Waals surface area (Å²) in [6.45, 7) is 0. The number of ether oxygens (including phenoxy) is 1. The highest BCUT2D eigenvalue weighted by atomic mass is 79.9. The minimum Gasteiger partial charge on any atom is -0.497 e. The summed E-state index contributed by atoms with van der Waals surface area (Å²) in [5, 5.41) is 5.85. The number of nitrogens with one attached hydrogen (secondary N) is 2. The Labute approximate surface area is 153 Å². The molecular weight excluding hydrogens is 384 g/mol. The summed E-state index contributed by atoms with van der Waals surface area (Å²) >= 11 is 3.35. The Bertz CT molecular complexity index is 867. The Morgan fingerprint density at radius 3 is 2.44 bits per heavy atom. The minimum absolute atomic E-state index is 0.268. The largest absolute Gasteiger partial charge is 0.497 e. The van der Waals surface area contributed by atoms with Gasteiger partial charge in [-0.25, -0.2) is 9.97 Å². The SMILES string of the molecule is COc1cccc(Nc2ncc(C(=O)Nc3ccc(Br)cc3)cn2)c1. The maximum absolute atomic E-state index is 12.2. The number of hydrogen-bond donors (Lipinski definition) is 2. The molecule has 6 nitrogen and oxygen atoms in total. The smallest absolute Gasteiger partial charge is 0.258 e. The third-order valence-electron chi connectivity index (χ3n) is 3.34. The van der Waals surface area contributed by atoms with E-state index in [0.29, 0.717) is 17.2 Å². The lowest BCUT2D eigenvalue weighted by atomic mass is 10.3. The molecule has 2 N–H and O–H groups in total. The number of anilines is 3. The molecule has 0 saturated heterocycles. The Hall–Kier alpha value is -2.93. The van der Waals surface area contributed by atoms with Gasteiger partial charge in [0.25, 0.3) is 5.91 Å². The summed E-state index contributed by atoms with van der Waals surface area (Å²) in [4.78, 5) is 20.6. The van der Waals surface area contributed by atoms with E-state index in [4.69, 9.17) is 4.74 Å². The lowest BCUT2D eigenvalue weighted by Crippen LogP contribution is -2.13. The number of carbonyl (C=O) groups excluding carboxylic acids is 1. The van der Waals surface area contributed by atoms with E-state index >= 15 is 0 Å². The van der Waals surface area contributed by atoms with Gasteiger partial charge >= 0.3 is 0 Å². The Balaban J connectivity index is 1.66. The molecule has 0 aliphatic rings. The van der Waals surface area contributed by atoms with Gasteiger partial charge in [-0.2, -0.15) is 0 Å². The van der Waals surface area contributed by atoms with Crippen molar-refractivity contribution in [3.8, 4) is 5.75 Å². The summed E-state index contributed by atoms with van der Waals surface area (Å²) in [6.07, 6.45) is 2.95. The van der Waals surface area contributed by atoms with Gasteiger partial charge in [0, 0.05) is 34.3 Å². The molecule has 0 unspecified atom stereocenters. The second-order valence-electron chi connectivity index (χ2n) is 5.11. The van der Waals surface area contributed by atoms with Gasteiger partial charge in [-0.3, -0.25) is 4.79 Å². The van der Waals surface area contributed by atoms with E-state index in [-0.39, 0.29) is 5.91 Å². The van der Waals surface area contributed by atoms with Gasteiger partial charge in [-0.05, 0) is 36.4 Å². The van der Waals surface area contributed by atoms with Crippen LogP contribution in [-0.2, 0) is 0 Å². The van der Waals surface area contributed by atoms with E-state index < -0.39 is 0 Å². The summed E-state index contributed by atoms with van der Waals surface area (Å²) in [5.41, 5.74) is 1.87. The van der Waals surface area contributed by atoms with Crippen molar-refractivity contribution in [1.29, 1.82) is 0 Å². The van der Waals surface area contributed by atoms with Crippen LogP contribution in [0.15, 0.2) is 65.4 Å². The second-order valence-corrected chi connectivity index (χ2v) is 6.03. The highest BCUT2D eigenvalue weighted by molar-refractivity contribution is 9.10. The molecule has 0 aliphatic heterocycles. The van der Waals surface area contributed by atoms with Crippen LogP contribution in [0.4, 0.5) is 17.3 Å². The molecule has 0 atom stereocenters. The van der Waals surface area contributed by atoms with Crippen LogP contribution in [0.5, 0.6) is 5.75 Å². The molecule has 1 aromatic heterocycles. The molecular formula is C18H15BrN4O2. The number of amides is 1. The molecule has 0 saturated carbocycles. The molecule has 0 radical (unpaired) electrons. The average molecular weight is 399 g/mol. The first-order valence-electron chi connectivity index (χ1n) is 7.44. The number of aromatic nitrogens is 2. The predicted octanol–water partition coefficient (Wildman–Crippen LogP) is 4.24. The molecule has 1 heterocycles. The van der Waals surface area contributed by atoms with Gasteiger partial charge in [0.05, 0.1) is 12.7 Å². The first-order chi connectivity index (χ1) is 12.1. The van der Waals surface area contributed by atoms with E-state index in [2.05, 4.69) is 36.5 Å². The molecule has 0 aliphatic carbocycles. The molecule has 1 amide bonds. The van der Waals surface area contributed by atoms with Gasteiger partial charge in [0.2, 0.25) is 5.95 Å². The molecule has 2 aromatic carbocycles. The van der Waals surface area contributed by atoms with E-state index in [0.717, 1.165) is 15.9 Å². The number of methoxy groups -OCH3 is 1. The maximum Gasteiger partial charge on any atom is 0.258 e. The lowest BCUT2D eigenvalue weighted by molar-refractivity contribution is 0.102. The molecule has 7 heteroatoms. The molecule has 0 spiro atoms. The Kier molecular flexibility index (Phi) is 5.25. The summed E-state index contributed by atoms with van der Waals surface area (Å²) < 4.78 is 6.12. The average Bonchev–Trinajstić information content (AvgIpc) is 2.64. The highest BCUT2D eigenvalue weighted by Crippen LogP contribution is 2.19. The van der Waals surface area contributed by atoms with Crippen molar-refractivity contribution in [2.75, 3.05) is 17.7 Å². The highest BCUT2D eigenvalue weighted by Gasteiger charge is 2.08. The van der Waals surface area contributed by atoms with E-state index in [1.165, 1.54) is 12.4 Å². The van der Waals surface area contributed by atoms with Crippen LogP contribution in [0.3, 0.4) is 0 Å². The minimum atomic E-state index is -0.268. The van der Waals surface area contributed by atoms with Gasteiger partial charge < -0.3 is 15.4 Å². The fourth-order valence-corrected chi connectivity index (χ4v) is 2.34. The number of nitrogens with zero attached hydrogens (tertiary/aromatic N) is 2. The van der Waals surface area contributed by atoms with Gasteiger partial charge in [0.1, 0.15) is 5.75 Å². The molecule has 126 valence electrons. The van der Waals surface area contributed by atoms with Crippen LogP contribution in [0.1, 0.15) is 10.4 Å². The molecule has 0 bridgehead atoms. The number of halogens is 1. The maximum atomic E-state index is 12.2. The van der Waals surface area contributed by atoms with Crippen molar-refractivity contribution < 1.29 is 9.53 Å². The molecule has 25 heavy (non-hydrogen) atoms. The van der Waals surface area contributed by atoms with Gasteiger partial charge in [-0.1, -0.05) is 22.0 Å². The van der Waals surface area contributed by atoms with Crippen molar-refractivity contribution in [3.05, 3.63) is 71.0 Å². The fourth-order valence-electron chi connectivity index (χ4n) is 2.08. The fraction of sp³-hybridized carbons (Fsp3) is 0.0556. The summed E-state index contributed by atoms with van der Waals surface area (Å²) in [5.74, 6) is 0.860. The van der Waals surface area contributed by atoms with E-state index in [9.17, 15) is 4.79 Å². The quantitative estimate of drug-likeness (QED) is 0.671. The molecule has 3 aromatic rings. The predicted molar refractivity (Wildman–Crippen MR) is 100 cm³/mol. The monoisotopic (exact) mass is 398 g/mol. The van der Waals surface area contributed by atoms with E-state index in [1.807, 2.05) is 48.5 Å². The van der Waals surface area contributed by atoms with Crippen LogP contribution in [-0.4, -0.2) is 23.0 Å². The third-order valence-corrected chi connectivity index (χ3v) is 3.87. The number of benzene rings is 2. The van der Waals surface area contributed by atoms with Crippen molar-refractivity contribution in [2.45, 2.75) is 0 Å². The van der Waals surface area contributed by atoms with Crippen LogP contribution < -0.4 is 15.4 Å². The summed E-state index contributed by atoms with van der Waals surface area (Å²) in [7, 11) is 1.61. The van der Waals surface area contributed by atoms with E-state index in [1.54, 1.807) is 7.11 Å². The standard InChI is InChI=1S/C18H15BrN4O2/c1-25-16-4-2-3-15(9-16)23-18-20-10-12(11-21-18)17(24)22-14-7-5-13(19)6-8-14/h2-11H,1H3,(H,22,24)(H,20,21,23). The number of carbonyl (C=O) groups is 1. The Morgan fingerprint density at radius 2 is 1.76 bits per heavy atom. The van der Waals surface area contributed by atoms with Gasteiger partial charge in [-0.15, -0.1) is 0 Å². The second kappa shape index (κ2) is 7.76. The first kappa shape index (κ1) is 16.9. The lowest BCUT2D eigenvalue weighted by Gasteiger charge is -2.08. The zero-order valence-corrected chi connectivity index (χ0v) is 14.9. The van der Waals surface area contributed by atoms with Crippen LogP contribution in [0, 0.1) is 0 Å². The first-order valence-corrected chi connectivity index (χ1v) is 8.23. The topological polar surface area (TPSA) is 76.1 Å². The molecule has 0 fully saturated rings. The number of rotatable bonds is 5. The Morgan fingerprint density at radius 1 is 1.04 bits per heavy atom. The zero-order valence-electron chi connectivity index (χ0n) is 13.4.